The molecule has 3 N–H and O–H groups in total. The van der Waals surface area contributed by atoms with Crippen molar-refractivity contribution in [2.45, 2.75) is 13.0 Å². The molecule has 5 heteroatoms. The molecule has 0 amide bonds. The molecule has 1 unspecified atom stereocenters. The van der Waals surface area contributed by atoms with Gasteiger partial charge in [0.2, 0.25) is 0 Å². The van der Waals surface area contributed by atoms with Gasteiger partial charge in [-0.15, -0.1) is 0 Å². The second-order valence-electron chi connectivity index (χ2n) is 4.62. The van der Waals surface area contributed by atoms with E-state index in [-0.39, 0.29) is 11.9 Å². The molecule has 2 rings (SSSR count). The fraction of sp³-hybridized carbons (Fsp3) is 0.200. The molecule has 0 spiro atoms. The Labute approximate surface area is 134 Å². The number of hydrogen-bond acceptors (Lipinski definition) is 2. The number of halogens is 3. The summed E-state index contributed by atoms with van der Waals surface area (Å²) < 4.78 is 15.2. The highest BCUT2D eigenvalue weighted by Gasteiger charge is 2.14. The Morgan fingerprint density at radius 1 is 1.20 bits per heavy atom. The van der Waals surface area contributed by atoms with Crippen molar-refractivity contribution >= 4 is 37.5 Å². The van der Waals surface area contributed by atoms with Crippen molar-refractivity contribution in [2.24, 2.45) is 5.73 Å². The minimum atomic E-state index is -0.270. The van der Waals surface area contributed by atoms with Crippen molar-refractivity contribution in [3.8, 4) is 0 Å². The van der Waals surface area contributed by atoms with Crippen LogP contribution in [0.3, 0.4) is 0 Å². The molecule has 0 aromatic heterocycles. The molecule has 0 saturated carbocycles. The van der Waals surface area contributed by atoms with Crippen LogP contribution in [0.1, 0.15) is 17.2 Å². The maximum Gasteiger partial charge on any atom is 0.123 e. The van der Waals surface area contributed by atoms with E-state index < -0.39 is 0 Å². The van der Waals surface area contributed by atoms with Crippen molar-refractivity contribution in [1.82, 2.24) is 0 Å². The van der Waals surface area contributed by atoms with Gasteiger partial charge in [0, 0.05) is 21.2 Å². The molecule has 0 heterocycles. The highest BCUT2D eigenvalue weighted by atomic mass is 79.9. The Morgan fingerprint density at radius 3 is 2.60 bits per heavy atom. The van der Waals surface area contributed by atoms with Crippen LogP contribution in [0.15, 0.2) is 45.3 Å². The highest BCUT2D eigenvalue weighted by Crippen LogP contribution is 2.28. The quantitative estimate of drug-likeness (QED) is 0.774. The van der Waals surface area contributed by atoms with Gasteiger partial charge in [-0.1, -0.05) is 31.9 Å². The van der Waals surface area contributed by atoms with Crippen molar-refractivity contribution in [1.29, 1.82) is 0 Å². The lowest BCUT2D eigenvalue weighted by Crippen LogP contribution is -2.21. The van der Waals surface area contributed by atoms with Crippen LogP contribution in [0.5, 0.6) is 0 Å². The molecule has 0 saturated heterocycles. The number of rotatable bonds is 4. The first-order chi connectivity index (χ1) is 9.49. The third kappa shape index (κ3) is 3.81. The van der Waals surface area contributed by atoms with Crippen LogP contribution in [-0.2, 0) is 0 Å². The summed E-state index contributed by atoms with van der Waals surface area (Å²) in [5.41, 5.74) is 8.72. The number of hydrogen-bond donors (Lipinski definition) is 2. The van der Waals surface area contributed by atoms with E-state index in [2.05, 4.69) is 37.2 Å². The van der Waals surface area contributed by atoms with Crippen LogP contribution in [0.2, 0.25) is 0 Å². The number of aryl methyl sites for hydroxylation is 1. The molecule has 2 nitrogen and oxygen atoms in total. The van der Waals surface area contributed by atoms with Gasteiger partial charge in [-0.25, -0.2) is 4.39 Å². The van der Waals surface area contributed by atoms with Gasteiger partial charge < -0.3 is 11.1 Å². The molecule has 106 valence electrons. The molecule has 0 aliphatic rings. The first-order valence-electron chi connectivity index (χ1n) is 6.18. The van der Waals surface area contributed by atoms with Gasteiger partial charge >= 0.3 is 0 Å². The predicted molar refractivity (Wildman–Crippen MR) is 88.4 cm³/mol. The standard InChI is InChI=1S/C15H15Br2FN2/c1-9-4-10(16)6-12(5-9)20-15(8-19)13-7-11(18)2-3-14(13)17/h2-7,15,20H,8,19H2,1H3. The van der Waals surface area contributed by atoms with Crippen LogP contribution in [-0.4, -0.2) is 6.54 Å². The summed E-state index contributed by atoms with van der Waals surface area (Å²) >= 11 is 6.91. The molecular formula is C15H15Br2FN2. The summed E-state index contributed by atoms with van der Waals surface area (Å²) in [4.78, 5) is 0. The van der Waals surface area contributed by atoms with Crippen LogP contribution in [0.25, 0.3) is 0 Å². The Bertz CT molecular complexity index is 597. The van der Waals surface area contributed by atoms with Crippen molar-refractivity contribution in [2.75, 3.05) is 11.9 Å². The lowest BCUT2D eigenvalue weighted by Gasteiger charge is -2.20. The zero-order valence-corrected chi connectivity index (χ0v) is 14.1. The second kappa shape index (κ2) is 6.70. The van der Waals surface area contributed by atoms with Gasteiger partial charge in [0.25, 0.3) is 0 Å². The molecule has 0 aliphatic carbocycles. The van der Waals surface area contributed by atoms with Gasteiger partial charge in [0.05, 0.1) is 6.04 Å². The highest BCUT2D eigenvalue weighted by molar-refractivity contribution is 9.10. The summed E-state index contributed by atoms with van der Waals surface area (Å²) in [7, 11) is 0. The van der Waals surface area contributed by atoms with Gasteiger partial charge in [-0.3, -0.25) is 0 Å². The molecule has 20 heavy (non-hydrogen) atoms. The Morgan fingerprint density at radius 2 is 1.95 bits per heavy atom. The maximum absolute atomic E-state index is 13.4. The van der Waals surface area contributed by atoms with Crippen molar-refractivity contribution in [3.05, 3.63) is 62.3 Å². The van der Waals surface area contributed by atoms with Gasteiger partial charge in [-0.2, -0.15) is 0 Å². The molecule has 2 aromatic carbocycles. The van der Waals surface area contributed by atoms with Crippen LogP contribution in [0.4, 0.5) is 10.1 Å². The lowest BCUT2D eigenvalue weighted by molar-refractivity contribution is 0.621. The number of nitrogens with two attached hydrogens (primary N) is 1. The molecule has 0 aliphatic heterocycles. The third-order valence-electron chi connectivity index (χ3n) is 2.95. The third-order valence-corrected chi connectivity index (χ3v) is 4.13. The minimum absolute atomic E-state index is 0.159. The fourth-order valence-corrected chi connectivity index (χ4v) is 3.20. The number of benzene rings is 2. The molecule has 1 atom stereocenters. The summed E-state index contributed by atoms with van der Waals surface area (Å²) in [5.74, 6) is -0.270. The zero-order valence-electron chi connectivity index (χ0n) is 11.0. The van der Waals surface area contributed by atoms with E-state index in [1.165, 1.54) is 12.1 Å². The van der Waals surface area contributed by atoms with Crippen LogP contribution >= 0.6 is 31.9 Å². The predicted octanol–water partition coefficient (Wildman–Crippen LogP) is 4.77. The maximum atomic E-state index is 13.4. The van der Waals surface area contributed by atoms with E-state index in [0.717, 1.165) is 25.8 Å². The van der Waals surface area contributed by atoms with Crippen molar-refractivity contribution < 1.29 is 4.39 Å². The molecule has 0 bridgehead atoms. The lowest BCUT2D eigenvalue weighted by atomic mass is 10.1. The first kappa shape index (κ1) is 15.5. The molecule has 0 radical (unpaired) electrons. The van der Waals surface area contributed by atoms with Crippen molar-refractivity contribution in [3.63, 3.8) is 0 Å². The second-order valence-corrected chi connectivity index (χ2v) is 6.39. The Balaban J connectivity index is 2.31. The molecular weight excluding hydrogens is 387 g/mol. The van der Waals surface area contributed by atoms with E-state index in [4.69, 9.17) is 5.73 Å². The smallest absolute Gasteiger partial charge is 0.123 e. The zero-order chi connectivity index (χ0) is 14.7. The average molecular weight is 402 g/mol. The normalized spacial score (nSPS) is 12.2. The topological polar surface area (TPSA) is 38.0 Å². The van der Waals surface area contributed by atoms with Gasteiger partial charge in [0.15, 0.2) is 0 Å². The SMILES string of the molecule is Cc1cc(Br)cc(NC(CN)c2cc(F)ccc2Br)c1. The van der Waals surface area contributed by atoms with E-state index >= 15 is 0 Å². The number of anilines is 1. The van der Waals surface area contributed by atoms with Crippen LogP contribution < -0.4 is 11.1 Å². The van der Waals surface area contributed by atoms with E-state index in [1.807, 2.05) is 25.1 Å². The minimum Gasteiger partial charge on any atom is -0.377 e. The largest absolute Gasteiger partial charge is 0.377 e. The number of nitrogens with one attached hydrogen (secondary N) is 1. The average Bonchev–Trinajstić information content (AvgIpc) is 2.38. The first-order valence-corrected chi connectivity index (χ1v) is 7.77. The van der Waals surface area contributed by atoms with Crippen LogP contribution in [0, 0.1) is 12.7 Å². The van der Waals surface area contributed by atoms with E-state index in [0.29, 0.717) is 6.54 Å². The summed E-state index contributed by atoms with van der Waals surface area (Å²) in [6, 6.07) is 10.5. The van der Waals surface area contributed by atoms with E-state index in [9.17, 15) is 4.39 Å². The van der Waals surface area contributed by atoms with Gasteiger partial charge in [0.1, 0.15) is 5.82 Å². The summed E-state index contributed by atoms with van der Waals surface area (Å²) in [5, 5.41) is 3.34. The fourth-order valence-electron chi connectivity index (χ4n) is 2.07. The monoisotopic (exact) mass is 400 g/mol. The molecule has 2 aromatic rings. The Kier molecular flexibility index (Phi) is 5.18. The summed E-state index contributed by atoms with van der Waals surface area (Å²) in [6.45, 7) is 2.39. The Hall–Kier alpha value is -0.910. The molecule has 0 fully saturated rings. The van der Waals surface area contributed by atoms with E-state index in [1.54, 1.807) is 6.07 Å². The summed E-state index contributed by atoms with van der Waals surface area (Å²) in [6.07, 6.45) is 0. The van der Waals surface area contributed by atoms with Gasteiger partial charge in [-0.05, 0) is 54.4 Å².